The summed E-state index contributed by atoms with van der Waals surface area (Å²) in [6.07, 6.45) is 1.36. The molecule has 1 fully saturated rings. The molecule has 6 heteroatoms. The predicted octanol–water partition coefficient (Wildman–Crippen LogP) is 4.27. The number of nitrogens with one attached hydrogen (secondary N) is 1. The van der Waals surface area contributed by atoms with Crippen molar-refractivity contribution in [3.63, 3.8) is 0 Å². The lowest BCUT2D eigenvalue weighted by Crippen LogP contribution is -2.26. The fourth-order valence-electron chi connectivity index (χ4n) is 2.73. The molecule has 2 heterocycles. The first kappa shape index (κ1) is 15.2. The minimum Gasteiger partial charge on any atom is -0.436 e. The number of benzene rings is 2. The number of carbonyl (C=O) groups excluding carboxylic acids is 1. The monoisotopic (exact) mass is 342 g/mol. The van der Waals surface area contributed by atoms with Crippen LogP contribution in [0.25, 0.3) is 22.6 Å². The van der Waals surface area contributed by atoms with Crippen molar-refractivity contribution in [2.24, 2.45) is 0 Å². The summed E-state index contributed by atoms with van der Waals surface area (Å²) in [6, 6.07) is 12.7. The maximum Gasteiger partial charge on any atom is 0.253 e. The number of aromatic nitrogens is 1. The number of hydrogen-bond donors (Lipinski definition) is 1. The molecule has 1 aliphatic rings. The van der Waals surface area contributed by atoms with Crippen LogP contribution in [0.15, 0.2) is 46.9 Å². The molecule has 1 aromatic heterocycles. The van der Waals surface area contributed by atoms with Crippen LogP contribution >= 0.6 is 11.6 Å². The van der Waals surface area contributed by atoms with Crippen LogP contribution in [0, 0.1) is 0 Å². The third-order valence-corrected chi connectivity index (χ3v) is 4.21. The van der Waals surface area contributed by atoms with Crippen LogP contribution in [-0.4, -0.2) is 23.6 Å². The summed E-state index contributed by atoms with van der Waals surface area (Å²) in [7, 11) is 0. The van der Waals surface area contributed by atoms with Crippen molar-refractivity contribution in [3.05, 3.63) is 47.5 Å². The first-order valence-electron chi connectivity index (χ1n) is 7.78. The molecule has 0 aliphatic carbocycles. The number of hydrogen-bond acceptors (Lipinski definition) is 4. The standard InChI is InChI=1S/C18H15ClN2O3/c19-12-5-8-15-14(10-12)21-18(24-15)11-3-6-13(7-4-11)20-17(22)16-2-1-9-23-16/h3-8,10,16H,1-2,9H2,(H,20,22)/t16-/m1/s1. The van der Waals surface area contributed by atoms with Gasteiger partial charge < -0.3 is 14.5 Å². The van der Waals surface area contributed by atoms with E-state index in [9.17, 15) is 4.79 Å². The smallest absolute Gasteiger partial charge is 0.253 e. The Balaban J connectivity index is 1.53. The van der Waals surface area contributed by atoms with Crippen LogP contribution in [0.5, 0.6) is 0 Å². The van der Waals surface area contributed by atoms with Crippen molar-refractivity contribution < 1.29 is 13.9 Å². The van der Waals surface area contributed by atoms with Crippen LogP contribution < -0.4 is 5.32 Å². The van der Waals surface area contributed by atoms with Gasteiger partial charge in [-0.1, -0.05) is 11.6 Å². The number of halogens is 1. The molecular formula is C18H15ClN2O3. The van der Waals surface area contributed by atoms with E-state index in [1.807, 2.05) is 24.3 Å². The molecule has 0 saturated carbocycles. The van der Waals surface area contributed by atoms with E-state index in [4.69, 9.17) is 20.8 Å². The largest absolute Gasteiger partial charge is 0.436 e. The number of oxazole rings is 1. The fraction of sp³-hybridized carbons (Fsp3) is 0.222. The van der Waals surface area contributed by atoms with Crippen LogP contribution in [0.2, 0.25) is 5.02 Å². The second-order valence-corrected chi connectivity index (χ2v) is 6.14. The third-order valence-electron chi connectivity index (χ3n) is 3.97. The van der Waals surface area contributed by atoms with E-state index < -0.39 is 0 Å². The Hall–Kier alpha value is -2.37. The number of nitrogens with zero attached hydrogens (tertiary/aromatic N) is 1. The zero-order chi connectivity index (χ0) is 16.5. The van der Waals surface area contributed by atoms with Crippen molar-refractivity contribution in [1.82, 2.24) is 4.98 Å². The van der Waals surface area contributed by atoms with Gasteiger partial charge in [0.25, 0.3) is 5.91 Å². The lowest BCUT2D eigenvalue weighted by Gasteiger charge is -2.10. The molecule has 0 bridgehead atoms. The maximum absolute atomic E-state index is 12.0. The Morgan fingerprint density at radius 1 is 1.21 bits per heavy atom. The second-order valence-electron chi connectivity index (χ2n) is 5.70. The lowest BCUT2D eigenvalue weighted by atomic mass is 10.2. The molecule has 1 saturated heterocycles. The molecule has 5 nitrogen and oxygen atoms in total. The van der Waals surface area contributed by atoms with Gasteiger partial charge in [0.05, 0.1) is 0 Å². The molecule has 24 heavy (non-hydrogen) atoms. The summed E-state index contributed by atoms with van der Waals surface area (Å²) in [4.78, 5) is 16.5. The average Bonchev–Trinajstić information content (AvgIpc) is 3.24. The molecule has 122 valence electrons. The number of rotatable bonds is 3. The van der Waals surface area contributed by atoms with Crippen LogP contribution in [0.1, 0.15) is 12.8 Å². The Morgan fingerprint density at radius 2 is 2.04 bits per heavy atom. The summed E-state index contributed by atoms with van der Waals surface area (Å²) in [5.74, 6) is 0.418. The summed E-state index contributed by atoms with van der Waals surface area (Å²) in [5.41, 5.74) is 2.95. The Morgan fingerprint density at radius 3 is 2.79 bits per heavy atom. The van der Waals surface area contributed by atoms with Crippen molar-refractivity contribution in [2.75, 3.05) is 11.9 Å². The zero-order valence-electron chi connectivity index (χ0n) is 12.8. The molecule has 3 aromatic rings. The molecule has 0 unspecified atom stereocenters. The molecule has 0 radical (unpaired) electrons. The Labute approximate surface area is 143 Å². The maximum atomic E-state index is 12.0. The number of fused-ring (bicyclic) bond motifs is 1. The van der Waals surface area contributed by atoms with E-state index in [2.05, 4.69) is 10.3 Å². The highest BCUT2D eigenvalue weighted by Crippen LogP contribution is 2.27. The zero-order valence-corrected chi connectivity index (χ0v) is 13.5. The predicted molar refractivity (Wildman–Crippen MR) is 92.1 cm³/mol. The SMILES string of the molecule is O=C(Nc1ccc(-c2nc3cc(Cl)ccc3o2)cc1)[C@H]1CCCO1. The van der Waals surface area contributed by atoms with Gasteiger partial charge in [-0.05, 0) is 55.3 Å². The van der Waals surface area contributed by atoms with Gasteiger partial charge in [-0.3, -0.25) is 4.79 Å². The van der Waals surface area contributed by atoms with Gasteiger partial charge in [0.15, 0.2) is 5.58 Å². The Kier molecular flexibility index (Phi) is 3.96. The molecule has 1 aliphatic heterocycles. The van der Waals surface area contributed by atoms with E-state index in [-0.39, 0.29) is 12.0 Å². The van der Waals surface area contributed by atoms with Crippen molar-refractivity contribution >= 4 is 34.3 Å². The highest BCUT2D eigenvalue weighted by Gasteiger charge is 2.23. The van der Waals surface area contributed by atoms with E-state index in [1.165, 1.54) is 0 Å². The molecule has 1 N–H and O–H groups in total. The van der Waals surface area contributed by atoms with Gasteiger partial charge in [-0.15, -0.1) is 0 Å². The fourth-order valence-corrected chi connectivity index (χ4v) is 2.89. The normalized spacial score (nSPS) is 17.3. The van der Waals surface area contributed by atoms with Crippen LogP contribution in [-0.2, 0) is 9.53 Å². The van der Waals surface area contributed by atoms with Crippen LogP contribution in [0.3, 0.4) is 0 Å². The first-order valence-corrected chi connectivity index (χ1v) is 8.16. The third kappa shape index (κ3) is 3.00. The quantitative estimate of drug-likeness (QED) is 0.772. The minimum atomic E-state index is -0.341. The molecule has 0 spiro atoms. The van der Waals surface area contributed by atoms with Gasteiger partial charge in [0, 0.05) is 22.9 Å². The number of amides is 1. The number of carbonyl (C=O) groups is 1. The molecule has 2 aromatic carbocycles. The van der Waals surface area contributed by atoms with Crippen molar-refractivity contribution in [3.8, 4) is 11.5 Å². The number of anilines is 1. The summed E-state index contributed by atoms with van der Waals surface area (Å²) in [6.45, 7) is 0.652. The van der Waals surface area contributed by atoms with E-state index in [1.54, 1.807) is 18.2 Å². The summed E-state index contributed by atoms with van der Waals surface area (Å²) in [5, 5.41) is 3.48. The number of ether oxygens (including phenoxy) is 1. The van der Waals surface area contributed by atoms with Gasteiger partial charge in [0.2, 0.25) is 5.89 Å². The molecule has 4 rings (SSSR count). The van der Waals surface area contributed by atoms with E-state index in [0.29, 0.717) is 28.6 Å². The summed E-state index contributed by atoms with van der Waals surface area (Å²) < 4.78 is 11.1. The van der Waals surface area contributed by atoms with Gasteiger partial charge in [-0.25, -0.2) is 4.98 Å². The van der Waals surface area contributed by atoms with Crippen molar-refractivity contribution in [1.29, 1.82) is 0 Å². The topological polar surface area (TPSA) is 64.4 Å². The molecular weight excluding hydrogens is 328 g/mol. The minimum absolute atomic E-state index is 0.100. The second kappa shape index (κ2) is 6.26. The highest BCUT2D eigenvalue weighted by atomic mass is 35.5. The Bertz CT molecular complexity index is 883. The molecule has 1 amide bonds. The first-order chi connectivity index (χ1) is 11.7. The summed E-state index contributed by atoms with van der Waals surface area (Å²) >= 11 is 5.96. The van der Waals surface area contributed by atoms with E-state index in [0.717, 1.165) is 24.1 Å². The molecule has 1 atom stereocenters. The highest BCUT2D eigenvalue weighted by molar-refractivity contribution is 6.31. The van der Waals surface area contributed by atoms with Gasteiger partial charge >= 0.3 is 0 Å². The van der Waals surface area contributed by atoms with Gasteiger partial charge in [-0.2, -0.15) is 0 Å². The lowest BCUT2D eigenvalue weighted by molar-refractivity contribution is -0.124. The van der Waals surface area contributed by atoms with Crippen molar-refractivity contribution in [2.45, 2.75) is 18.9 Å². The van der Waals surface area contributed by atoms with Gasteiger partial charge in [0.1, 0.15) is 11.6 Å². The van der Waals surface area contributed by atoms with Crippen LogP contribution in [0.4, 0.5) is 5.69 Å². The average molecular weight is 343 g/mol. The van der Waals surface area contributed by atoms with E-state index >= 15 is 0 Å².